The summed E-state index contributed by atoms with van der Waals surface area (Å²) in [6, 6.07) is 13.4. The maximum Gasteiger partial charge on any atom is 0.352 e. The molecule has 7 nitrogen and oxygen atoms in total. The fraction of sp³-hybridized carbons (Fsp3) is 0.182. The molecule has 2 atom stereocenters. The first-order valence-corrected chi connectivity index (χ1v) is 9.62. The zero-order chi connectivity index (χ0) is 21.7. The zero-order valence-electron chi connectivity index (χ0n) is 16.2. The second kappa shape index (κ2) is 9.37. The van der Waals surface area contributed by atoms with Gasteiger partial charge in [0.25, 0.3) is 0 Å². The Labute approximate surface area is 178 Å². The number of nitrogens with zero attached hydrogens (tertiary/aromatic N) is 2. The third kappa shape index (κ3) is 4.75. The number of hydrogen-bond acceptors (Lipinski definition) is 3. The van der Waals surface area contributed by atoms with E-state index in [2.05, 4.69) is 10.3 Å². The number of halogens is 1. The number of benzene rings is 2. The predicted molar refractivity (Wildman–Crippen MR) is 115 cm³/mol. The lowest BCUT2D eigenvalue weighted by Crippen LogP contribution is -2.52. The standard InChI is InChI=1S/C22H20ClN3O4/c1-14-18(20(27)28)19(16-10-5-11-17(23)13-16)26(22(30)25-14)21(29)24-12-6-9-15-7-3-2-4-8-15/h2-11,13,18-19H,12H2,1H3,(H,24,29)(H,27,28). The minimum Gasteiger partial charge on any atom is -0.481 e. The number of carboxylic acids is 1. The van der Waals surface area contributed by atoms with Gasteiger partial charge >= 0.3 is 18.0 Å². The summed E-state index contributed by atoms with van der Waals surface area (Å²) in [6.07, 6.45) is 3.56. The van der Waals surface area contributed by atoms with E-state index in [9.17, 15) is 19.5 Å². The highest BCUT2D eigenvalue weighted by Gasteiger charge is 2.45. The van der Waals surface area contributed by atoms with Gasteiger partial charge in [0, 0.05) is 17.3 Å². The molecule has 0 fully saturated rings. The maximum atomic E-state index is 12.8. The van der Waals surface area contributed by atoms with Gasteiger partial charge < -0.3 is 10.4 Å². The summed E-state index contributed by atoms with van der Waals surface area (Å²) < 4.78 is 0. The molecule has 0 saturated carbocycles. The molecule has 2 unspecified atom stereocenters. The molecule has 8 heteroatoms. The molecule has 0 saturated heterocycles. The lowest BCUT2D eigenvalue weighted by atomic mass is 9.87. The topological polar surface area (TPSA) is 99.1 Å². The Morgan fingerprint density at radius 3 is 2.60 bits per heavy atom. The molecule has 0 spiro atoms. The van der Waals surface area contributed by atoms with E-state index in [1.165, 1.54) is 6.92 Å². The van der Waals surface area contributed by atoms with Gasteiger partial charge in [-0.15, -0.1) is 0 Å². The van der Waals surface area contributed by atoms with Gasteiger partial charge in [0.1, 0.15) is 5.92 Å². The predicted octanol–water partition coefficient (Wildman–Crippen LogP) is 4.40. The Bertz CT molecular complexity index is 1020. The molecule has 0 aliphatic carbocycles. The highest BCUT2D eigenvalue weighted by atomic mass is 35.5. The van der Waals surface area contributed by atoms with Gasteiger partial charge in [-0.25, -0.2) is 19.5 Å². The first kappa shape index (κ1) is 21.3. The smallest absolute Gasteiger partial charge is 0.352 e. The van der Waals surface area contributed by atoms with Crippen LogP contribution in [-0.4, -0.2) is 40.3 Å². The number of hydrogen-bond donors (Lipinski definition) is 2. The number of nitrogens with one attached hydrogen (secondary N) is 1. The van der Waals surface area contributed by atoms with Gasteiger partial charge in [0.2, 0.25) is 0 Å². The van der Waals surface area contributed by atoms with E-state index in [0.29, 0.717) is 10.6 Å². The van der Waals surface area contributed by atoms with Gasteiger partial charge in [-0.3, -0.25) is 4.79 Å². The molecule has 1 aliphatic rings. The first-order chi connectivity index (χ1) is 14.4. The monoisotopic (exact) mass is 425 g/mol. The molecular formula is C22H20ClN3O4. The molecule has 0 bridgehead atoms. The zero-order valence-corrected chi connectivity index (χ0v) is 16.9. The normalized spacial score (nSPS) is 18.9. The van der Waals surface area contributed by atoms with Crippen LogP contribution in [0.15, 0.2) is 65.7 Å². The van der Waals surface area contributed by atoms with Crippen LogP contribution in [0.3, 0.4) is 0 Å². The van der Waals surface area contributed by atoms with E-state index in [4.69, 9.17) is 11.6 Å². The summed E-state index contributed by atoms with van der Waals surface area (Å²) in [5.41, 5.74) is 1.53. The summed E-state index contributed by atoms with van der Waals surface area (Å²) in [6.45, 7) is 1.62. The summed E-state index contributed by atoms with van der Waals surface area (Å²) in [4.78, 5) is 41.9. The van der Waals surface area contributed by atoms with Crippen molar-refractivity contribution >= 4 is 41.4 Å². The van der Waals surface area contributed by atoms with Crippen molar-refractivity contribution in [1.29, 1.82) is 0 Å². The van der Waals surface area contributed by atoms with Crippen LogP contribution in [0.1, 0.15) is 24.1 Å². The average Bonchev–Trinajstić information content (AvgIpc) is 2.71. The third-order valence-corrected chi connectivity index (χ3v) is 4.91. The second-order valence-corrected chi connectivity index (χ2v) is 7.16. The molecule has 154 valence electrons. The minimum atomic E-state index is -1.18. The number of aliphatic carboxylic acids is 1. The molecule has 1 aliphatic heterocycles. The Balaban J connectivity index is 1.85. The van der Waals surface area contributed by atoms with Crippen LogP contribution in [0.5, 0.6) is 0 Å². The molecule has 0 radical (unpaired) electrons. The highest BCUT2D eigenvalue weighted by molar-refractivity contribution is 6.30. The van der Waals surface area contributed by atoms with E-state index in [1.54, 1.807) is 30.3 Å². The Morgan fingerprint density at radius 2 is 1.93 bits per heavy atom. The van der Waals surface area contributed by atoms with Gasteiger partial charge in [-0.2, -0.15) is 0 Å². The van der Waals surface area contributed by atoms with Crippen molar-refractivity contribution in [2.75, 3.05) is 6.54 Å². The summed E-state index contributed by atoms with van der Waals surface area (Å²) in [7, 11) is 0. The van der Waals surface area contributed by atoms with E-state index >= 15 is 0 Å². The van der Waals surface area contributed by atoms with E-state index in [0.717, 1.165) is 10.5 Å². The largest absolute Gasteiger partial charge is 0.481 e. The number of aliphatic imine (C=N–C) groups is 1. The van der Waals surface area contributed by atoms with Crippen molar-refractivity contribution < 1.29 is 19.5 Å². The third-order valence-electron chi connectivity index (χ3n) is 4.68. The van der Waals surface area contributed by atoms with Gasteiger partial charge in [0.05, 0.1) is 6.04 Å². The van der Waals surface area contributed by atoms with E-state index < -0.39 is 30.0 Å². The van der Waals surface area contributed by atoms with Crippen LogP contribution in [-0.2, 0) is 4.79 Å². The first-order valence-electron chi connectivity index (χ1n) is 9.24. The Hall–Kier alpha value is -3.45. The molecule has 2 aromatic rings. The lowest BCUT2D eigenvalue weighted by Gasteiger charge is -2.36. The number of carbonyl (C=O) groups excluding carboxylic acids is 2. The molecule has 0 aromatic heterocycles. The minimum absolute atomic E-state index is 0.130. The fourth-order valence-electron chi connectivity index (χ4n) is 3.32. The van der Waals surface area contributed by atoms with Crippen molar-refractivity contribution in [2.45, 2.75) is 13.0 Å². The van der Waals surface area contributed by atoms with Crippen LogP contribution in [0.25, 0.3) is 6.08 Å². The van der Waals surface area contributed by atoms with Gasteiger partial charge in [0.15, 0.2) is 0 Å². The quantitative estimate of drug-likeness (QED) is 0.741. The van der Waals surface area contributed by atoms with Gasteiger partial charge in [-0.05, 0) is 30.2 Å². The highest BCUT2D eigenvalue weighted by Crippen LogP contribution is 2.35. The van der Waals surface area contributed by atoms with E-state index in [-0.39, 0.29) is 12.3 Å². The summed E-state index contributed by atoms with van der Waals surface area (Å²) in [5.74, 6) is -2.36. The Kier molecular flexibility index (Phi) is 6.64. The second-order valence-electron chi connectivity index (χ2n) is 6.72. The maximum absolute atomic E-state index is 12.8. The van der Waals surface area contributed by atoms with Crippen LogP contribution in [0.4, 0.5) is 9.59 Å². The molecule has 3 rings (SSSR count). The van der Waals surface area contributed by atoms with Crippen molar-refractivity contribution in [3.63, 3.8) is 0 Å². The van der Waals surface area contributed by atoms with Crippen molar-refractivity contribution in [1.82, 2.24) is 10.2 Å². The lowest BCUT2D eigenvalue weighted by molar-refractivity contribution is -0.140. The average molecular weight is 426 g/mol. The molecule has 4 amide bonds. The van der Waals surface area contributed by atoms with Crippen molar-refractivity contribution in [2.24, 2.45) is 10.9 Å². The number of imide groups is 1. The van der Waals surface area contributed by atoms with Crippen LogP contribution >= 0.6 is 11.6 Å². The molecular weight excluding hydrogens is 406 g/mol. The van der Waals surface area contributed by atoms with Crippen molar-refractivity contribution in [3.8, 4) is 0 Å². The number of carboxylic acid groups (broad SMARTS) is 1. The number of amides is 4. The molecule has 2 N–H and O–H groups in total. The fourth-order valence-corrected chi connectivity index (χ4v) is 3.52. The Morgan fingerprint density at radius 1 is 1.20 bits per heavy atom. The SMILES string of the molecule is CC1=NC(=O)N(C(=O)NCC=Cc2ccccc2)C(c2cccc(Cl)c2)C1C(=O)O. The van der Waals surface area contributed by atoms with Crippen LogP contribution in [0.2, 0.25) is 5.02 Å². The van der Waals surface area contributed by atoms with E-state index in [1.807, 2.05) is 36.4 Å². The van der Waals surface area contributed by atoms with Crippen LogP contribution < -0.4 is 5.32 Å². The van der Waals surface area contributed by atoms with Gasteiger partial charge in [-0.1, -0.05) is 66.2 Å². The number of urea groups is 2. The number of carbonyl (C=O) groups is 3. The molecule has 1 heterocycles. The number of rotatable bonds is 5. The molecule has 2 aromatic carbocycles. The van der Waals surface area contributed by atoms with Crippen molar-refractivity contribution in [3.05, 3.63) is 76.8 Å². The van der Waals surface area contributed by atoms with Crippen LogP contribution in [0, 0.1) is 5.92 Å². The molecule has 30 heavy (non-hydrogen) atoms. The summed E-state index contributed by atoms with van der Waals surface area (Å²) >= 11 is 6.06. The summed E-state index contributed by atoms with van der Waals surface area (Å²) in [5, 5.41) is 12.7.